The number of ketones is 1. The molecular weight excluding hydrogens is 518 g/mol. The van der Waals surface area contributed by atoms with Gasteiger partial charge >= 0.3 is 5.97 Å². The van der Waals surface area contributed by atoms with Gasteiger partial charge in [0.15, 0.2) is 5.78 Å². The molecule has 0 saturated carbocycles. The number of nitrogens with one attached hydrogen (secondary N) is 2. The fourth-order valence-corrected chi connectivity index (χ4v) is 4.13. The highest BCUT2D eigenvalue weighted by Gasteiger charge is 2.35. The van der Waals surface area contributed by atoms with Crippen LogP contribution < -0.4 is 10.6 Å². The predicted octanol–water partition coefficient (Wildman–Crippen LogP) is 2.37. The van der Waals surface area contributed by atoms with Crippen LogP contribution in [0, 0.1) is 0 Å². The van der Waals surface area contributed by atoms with Crippen LogP contribution in [0.5, 0.6) is 0 Å². The van der Waals surface area contributed by atoms with E-state index in [-0.39, 0.29) is 29.3 Å². The molecule has 1 saturated heterocycles. The summed E-state index contributed by atoms with van der Waals surface area (Å²) in [4.78, 5) is 64.9. The van der Waals surface area contributed by atoms with Crippen LogP contribution in [-0.2, 0) is 23.9 Å². The highest BCUT2D eigenvalue weighted by molar-refractivity contribution is 9.09. The number of benzene rings is 1. The van der Waals surface area contributed by atoms with Gasteiger partial charge in [0.25, 0.3) is 5.91 Å². The minimum atomic E-state index is -1.09. The van der Waals surface area contributed by atoms with Crippen LogP contribution in [0.4, 0.5) is 0 Å². The Kier molecular flexibility index (Phi) is 10.4. The Morgan fingerprint density at radius 3 is 2.40 bits per heavy atom. The largest absolute Gasteiger partial charge is 0.460 e. The Balaban J connectivity index is 2.09. The van der Waals surface area contributed by atoms with Gasteiger partial charge in [-0.05, 0) is 59.1 Å². The number of nitrogens with zero attached hydrogens (tertiary/aromatic N) is 1. The van der Waals surface area contributed by atoms with Crippen molar-refractivity contribution in [2.75, 3.05) is 11.9 Å². The van der Waals surface area contributed by atoms with Gasteiger partial charge in [-0.25, -0.2) is 0 Å². The van der Waals surface area contributed by atoms with Crippen molar-refractivity contribution < 1.29 is 28.7 Å². The molecule has 2 rings (SSSR count). The highest BCUT2D eigenvalue weighted by Crippen LogP contribution is 2.17. The fraction of sp³-hybridized carbons (Fsp3) is 0.560. The Labute approximate surface area is 214 Å². The maximum Gasteiger partial charge on any atom is 0.308 e. The molecule has 0 spiro atoms. The maximum absolute atomic E-state index is 13.3. The lowest BCUT2D eigenvalue weighted by Gasteiger charge is -2.31. The number of carbonyl (C=O) groups is 5. The van der Waals surface area contributed by atoms with Crippen LogP contribution in [0.15, 0.2) is 30.3 Å². The summed E-state index contributed by atoms with van der Waals surface area (Å²) in [6.07, 6.45) is 1.53. The summed E-state index contributed by atoms with van der Waals surface area (Å²) in [7, 11) is 0. The van der Waals surface area contributed by atoms with Gasteiger partial charge in [-0.3, -0.25) is 24.0 Å². The first kappa shape index (κ1) is 28.5. The first-order valence-electron chi connectivity index (χ1n) is 11.7. The molecule has 1 aliphatic rings. The van der Waals surface area contributed by atoms with Crippen molar-refractivity contribution in [3.05, 3.63) is 35.9 Å². The molecule has 2 N–H and O–H groups in total. The molecule has 1 aliphatic heterocycles. The number of likely N-dealkylation sites (tertiary alicyclic amines) is 1. The van der Waals surface area contributed by atoms with E-state index in [1.54, 1.807) is 58.0 Å². The van der Waals surface area contributed by atoms with E-state index in [9.17, 15) is 24.0 Å². The average molecular weight is 552 g/mol. The molecule has 0 aromatic heterocycles. The maximum atomic E-state index is 13.3. The van der Waals surface area contributed by atoms with E-state index < -0.39 is 35.6 Å². The second-order valence-electron chi connectivity index (χ2n) is 9.55. The summed E-state index contributed by atoms with van der Waals surface area (Å²) in [5.41, 5.74) is -0.284. The molecule has 1 fully saturated rings. The highest BCUT2D eigenvalue weighted by atomic mass is 79.9. The summed E-state index contributed by atoms with van der Waals surface area (Å²) in [6.45, 7) is 7.05. The standard InChI is InChI=1S/C25H34BrN3O6/c1-16(22(32)28-19(20(30)15-26)14-21(31)35-25(2,3)4)29-13-9-8-12-18(24(29)34)27-23(33)17-10-6-5-7-11-17/h5-7,10-11,16,18-19H,8-9,12-15H2,1-4H3,(H,27,33)(H,28,32)/t16?,18-,19?/m0/s1. The molecular formula is C25H34BrN3O6. The molecule has 2 unspecified atom stereocenters. The zero-order chi connectivity index (χ0) is 26.2. The summed E-state index contributed by atoms with van der Waals surface area (Å²) in [6, 6.07) is 5.85. The van der Waals surface area contributed by atoms with Gasteiger partial charge in [0.05, 0.1) is 17.8 Å². The lowest BCUT2D eigenvalue weighted by molar-refractivity contribution is -0.156. The Morgan fingerprint density at radius 1 is 1.14 bits per heavy atom. The molecule has 1 heterocycles. The molecule has 192 valence electrons. The fourth-order valence-electron chi connectivity index (χ4n) is 3.74. The molecule has 10 heteroatoms. The molecule has 3 atom stereocenters. The number of hydrogen-bond donors (Lipinski definition) is 2. The molecule has 0 aliphatic carbocycles. The molecule has 9 nitrogen and oxygen atoms in total. The summed E-state index contributed by atoms with van der Waals surface area (Å²) in [5, 5.41) is 5.33. The van der Waals surface area contributed by atoms with Gasteiger partial charge in [0, 0.05) is 12.1 Å². The van der Waals surface area contributed by atoms with Crippen molar-refractivity contribution in [3.8, 4) is 0 Å². The number of alkyl halides is 1. The lowest BCUT2D eigenvalue weighted by atomic mass is 10.1. The predicted molar refractivity (Wildman–Crippen MR) is 134 cm³/mol. The Bertz CT molecular complexity index is 931. The van der Waals surface area contributed by atoms with Gasteiger partial charge in [-0.2, -0.15) is 0 Å². The van der Waals surface area contributed by atoms with E-state index in [0.29, 0.717) is 31.4 Å². The third-order valence-corrected chi connectivity index (χ3v) is 6.09. The van der Waals surface area contributed by atoms with E-state index in [0.717, 1.165) is 0 Å². The third kappa shape index (κ3) is 8.76. The zero-order valence-electron chi connectivity index (χ0n) is 20.6. The van der Waals surface area contributed by atoms with Gasteiger partial charge < -0.3 is 20.3 Å². The van der Waals surface area contributed by atoms with Gasteiger partial charge in [-0.15, -0.1) is 0 Å². The van der Waals surface area contributed by atoms with Crippen LogP contribution in [-0.4, -0.2) is 70.0 Å². The number of ether oxygens (including phenoxy) is 1. The second kappa shape index (κ2) is 12.8. The topological polar surface area (TPSA) is 122 Å². The molecule has 35 heavy (non-hydrogen) atoms. The van der Waals surface area contributed by atoms with Gasteiger partial charge in [0.2, 0.25) is 11.8 Å². The number of esters is 1. The monoisotopic (exact) mass is 551 g/mol. The van der Waals surface area contributed by atoms with Crippen molar-refractivity contribution in [3.63, 3.8) is 0 Å². The Hall–Kier alpha value is -2.75. The van der Waals surface area contributed by atoms with Crippen LogP contribution in [0.2, 0.25) is 0 Å². The first-order chi connectivity index (χ1) is 16.4. The number of halogens is 1. The number of carbonyl (C=O) groups excluding carboxylic acids is 5. The Morgan fingerprint density at radius 2 is 1.80 bits per heavy atom. The van der Waals surface area contributed by atoms with Crippen molar-refractivity contribution in [2.45, 2.75) is 77.1 Å². The SMILES string of the molecule is CC(C(=O)NC(CC(=O)OC(C)(C)C)C(=O)CBr)N1CCCC[C@H](NC(=O)c2ccccc2)C1=O. The number of Topliss-reactive ketones (excluding diaryl/α,β-unsaturated/α-hetero) is 1. The van der Waals surface area contributed by atoms with Crippen LogP contribution in [0.1, 0.15) is 63.7 Å². The average Bonchev–Trinajstić information content (AvgIpc) is 2.98. The summed E-state index contributed by atoms with van der Waals surface area (Å²) < 4.78 is 5.28. The van der Waals surface area contributed by atoms with E-state index in [1.165, 1.54) is 4.90 Å². The minimum absolute atomic E-state index is 0.0502. The lowest BCUT2D eigenvalue weighted by Crippen LogP contribution is -2.56. The van der Waals surface area contributed by atoms with Crippen molar-refractivity contribution in [1.29, 1.82) is 0 Å². The molecule has 0 radical (unpaired) electrons. The smallest absolute Gasteiger partial charge is 0.308 e. The van der Waals surface area contributed by atoms with Crippen LogP contribution >= 0.6 is 15.9 Å². The number of rotatable bonds is 9. The molecule has 0 bridgehead atoms. The number of hydrogen-bond acceptors (Lipinski definition) is 6. The normalized spacial score (nSPS) is 18.1. The van der Waals surface area contributed by atoms with E-state index in [1.807, 2.05) is 0 Å². The van der Waals surface area contributed by atoms with Crippen molar-refractivity contribution in [2.24, 2.45) is 0 Å². The van der Waals surface area contributed by atoms with Gasteiger partial charge in [-0.1, -0.05) is 34.1 Å². The molecule has 1 aromatic rings. The van der Waals surface area contributed by atoms with Gasteiger partial charge in [0.1, 0.15) is 17.7 Å². The van der Waals surface area contributed by atoms with E-state index in [2.05, 4.69) is 26.6 Å². The first-order valence-corrected chi connectivity index (χ1v) is 12.8. The minimum Gasteiger partial charge on any atom is -0.460 e. The van der Waals surface area contributed by atoms with Crippen LogP contribution in [0.3, 0.4) is 0 Å². The second-order valence-corrected chi connectivity index (χ2v) is 10.1. The zero-order valence-corrected chi connectivity index (χ0v) is 22.2. The van der Waals surface area contributed by atoms with E-state index >= 15 is 0 Å². The summed E-state index contributed by atoms with van der Waals surface area (Å²) >= 11 is 3.08. The quantitative estimate of drug-likeness (QED) is 0.359. The molecule has 3 amide bonds. The van der Waals surface area contributed by atoms with Crippen LogP contribution in [0.25, 0.3) is 0 Å². The van der Waals surface area contributed by atoms with Crippen molar-refractivity contribution in [1.82, 2.24) is 15.5 Å². The molecule has 1 aromatic carbocycles. The number of amides is 3. The summed E-state index contributed by atoms with van der Waals surface area (Å²) in [5.74, 6) is -2.27. The van der Waals surface area contributed by atoms with E-state index in [4.69, 9.17) is 4.74 Å². The van der Waals surface area contributed by atoms with Crippen molar-refractivity contribution >= 4 is 45.4 Å². The third-order valence-electron chi connectivity index (χ3n) is 5.54.